The first-order valence-corrected chi connectivity index (χ1v) is 7.52. The van der Waals surface area contributed by atoms with Crippen molar-refractivity contribution >= 4 is 16.8 Å². The Kier molecular flexibility index (Phi) is 2.96. The summed E-state index contributed by atoms with van der Waals surface area (Å²) in [5.41, 5.74) is 4.13. The van der Waals surface area contributed by atoms with Crippen LogP contribution in [0, 0.1) is 0 Å². The van der Waals surface area contributed by atoms with Crippen LogP contribution in [0.4, 0.5) is 0 Å². The highest BCUT2D eigenvalue weighted by molar-refractivity contribution is 6.04. The molecule has 1 aliphatic rings. The summed E-state index contributed by atoms with van der Waals surface area (Å²) in [4.78, 5) is 14.8. The van der Waals surface area contributed by atoms with Crippen LogP contribution in [-0.4, -0.2) is 27.1 Å². The van der Waals surface area contributed by atoms with Crippen LogP contribution in [-0.2, 0) is 20.0 Å². The van der Waals surface area contributed by atoms with Gasteiger partial charge in [-0.2, -0.15) is 5.10 Å². The third kappa shape index (κ3) is 1.99. The minimum Gasteiger partial charge on any atom is -0.333 e. The van der Waals surface area contributed by atoms with Crippen LogP contribution in [0.1, 0.15) is 21.6 Å². The lowest BCUT2D eigenvalue weighted by Crippen LogP contribution is -2.36. The first kappa shape index (κ1) is 13.1. The third-order valence-electron chi connectivity index (χ3n) is 4.38. The molecule has 1 aromatic heterocycles. The zero-order valence-corrected chi connectivity index (χ0v) is 12.5. The fourth-order valence-corrected chi connectivity index (χ4v) is 3.19. The highest BCUT2D eigenvalue weighted by Gasteiger charge is 2.25. The summed E-state index contributed by atoms with van der Waals surface area (Å²) in [6, 6.07) is 16.2. The van der Waals surface area contributed by atoms with Crippen molar-refractivity contribution in [1.29, 1.82) is 0 Å². The Hall–Kier alpha value is -2.62. The Balaban J connectivity index is 1.70. The van der Waals surface area contributed by atoms with Crippen molar-refractivity contribution in [1.82, 2.24) is 14.7 Å². The maximum atomic E-state index is 12.9. The van der Waals surface area contributed by atoms with E-state index >= 15 is 0 Å². The van der Waals surface area contributed by atoms with E-state index in [1.54, 1.807) is 4.68 Å². The van der Waals surface area contributed by atoms with E-state index in [0.29, 0.717) is 12.2 Å². The van der Waals surface area contributed by atoms with Crippen LogP contribution in [0.3, 0.4) is 0 Å². The van der Waals surface area contributed by atoms with Gasteiger partial charge in [0, 0.05) is 25.5 Å². The molecule has 0 spiro atoms. The smallest absolute Gasteiger partial charge is 0.275 e. The van der Waals surface area contributed by atoms with Crippen molar-refractivity contribution in [2.24, 2.45) is 7.05 Å². The van der Waals surface area contributed by atoms with Crippen molar-refractivity contribution in [3.8, 4) is 0 Å². The number of benzene rings is 2. The molecule has 0 saturated carbocycles. The molecular weight excluding hydrogens is 274 g/mol. The average molecular weight is 291 g/mol. The molecule has 22 heavy (non-hydrogen) atoms. The topological polar surface area (TPSA) is 38.1 Å². The summed E-state index contributed by atoms with van der Waals surface area (Å²) >= 11 is 0. The molecule has 0 radical (unpaired) electrons. The lowest BCUT2D eigenvalue weighted by atomic mass is 9.99. The van der Waals surface area contributed by atoms with E-state index in [1.165, 1.54) is 11.1 Å². The van der Waals surface area contributed by atoms with Gasteiger partial charge in [-0.25, -0.2) is 0 Å². The molecule has 0 fully saturated rings. The quantitative estimate of drug-likeness (QED) is 0.691. The van der Waals surface area contributed by atoms with E-state index < -0.39 is 0 Å². The zero-order valence-electron chi connectivity index (χ0n) is 12.5. The Labute approximate surface area is 129 Å². The van der Waals surface area contributed by atoms with Crippen LogP contribution in [0.15, 0.2) is 48.5 Å². The number of nitrogens with zero attached hydrogens (tertiary/aromatic N) is 3. The second-order valence-electron chi connectivity index (χ2n) is 5.73. The van der Waals surface area contributed by atoms with Gasteiger partial charge in [-0.05, 0) is 23.6 Å². The molecular formula is C18H17N3O. The van der Waals surface area contributed by atoms with E-state index in [1.807, 2.05) is 42.3 Å². The van der Waals surface area contributed by atoms with E-state index in [0.717, 1.165) is 23.9 Å². The number of carbonyl (C=O) groups excluding carboxylic acids is 1. The van der Waals surface area contributed by atoms with Crippen molar-refractivity contribution in [3.05, 3.63) is 65.4 Å². The summed E-state index contributed by atoms with van der Waals surface area (Å²) < 4.78 is 1.78. The van der Waals surface area contributed by atoms with Gasteiger partial charge in [-0.3, -0.25) is 9.48 Å². The number of carbonyl (C=O) groups is 1. The van der Waals surface area contributed by atoms with Gasteiger partial charge in [0.05, 0.1) is 5.52 Å². The van der Waals surface area contributed by atoms with Gasteiger partial charge in [-0.1, -0.05) is 42.5 Å². The van der Waals surface area contributed by atoms with Gasteiger partial charge in [0.25, 0.3) is 5.91 Å². The molecule has 4 rings (SSSR count). The number of rotatable bonds is 1. The minimum atomic E-state index is 0.0197. The van der Waals surface area contributed by atoms with E-state index in [-0.39, 0.29) is 5.91 Å². The molecule has 2 aromatic carbocycles. The number of hydrogen-bond acceptors (Lipinski definition) is 2. The van der Waals surface area contributed by atoms with Crippen molar-refractivity contribution < 1.29 is 4.79 Å². The van der Waals surface area contributed by atoms with Gasteiger partial charge >= 0.3 is 0 Å². The fourth-order valence-electron chi connectivity index (χ4n) is 3.19. The summed E-state index contributed by atoms with van der Waals surface area (Å²) in [6.45, 7) is 1.42. The molecule has 0 aliphatic carbocycles. The predicted molar refractivity (Wildman–Crippen MR) is 85.6 cm³/mol. The van der Waals surface area contributed by atoms with E-state index in [4.69, 9.17) is 0 Å². The number of aromatic nitrogens is 2. The van der Waals surface area contributed by atoms with Gasteiger partial charge in [0.15, 0.2) is 5.69 Å². The van der Waals surface area contributed by atoms with Gasteiger partial charge in [0.1, 0.15) is 0 Å². The highest BCUT2D eigenvalue weighted by atomic mass is 16.2. The van der Waals surface area contributed by atoms with Crippen molar-refractivity contribution in [3.63, 3.8) is 0 Å². The van der Waals surface area contributed by atoms with Gasteiger partial charge in [0.2, 0.25) is 0 Å². The zero-order chi connectivity index (χ0) is 15.1. The predicted octanol–water partition coefficient (Wildman–Crippen LogP) is 2.77. The molecule has 1 amide bonds. The number of aryl methyl sites for hydroxylation is 1. The molecule has 0 N–H and O–H groups in total. The van der Waals surface area contributed by atoms with E-state index in [9.17, 15) is 4.79 Å². The molecule has 4 nitrogen and oxygen atoms in total. The lowest BCUT2D eigenvalue weighted by Gasteiger charge is -2.28. The summed E-state index contributed by atoms with van der Waals surface area (Å²) in [5.74, 6) is 0.0197. The summed E-state index contributed by atoms with van der Waals surface area (Å²) in [7, 11) is 1.88. The Morgan fingerprint density at radius 2 is 1.77 bits per heavy atom. The second-order valence-corrected chi connectivity index (χ2v) is 5.73. The molecule has 2 heterocycles. The summed E-state index contributed by atoms with van der Waals surface area (Å²) in [6.07, 6.45) is 0.909. The first-order chi connectivity index (χ1) is 10.7. The molecule has 110 valence electrons. The van der Waals surface area contributed by atoms with Gasteiger partial charge in [-0.15, -0.1) is 0 Å². The Bertz CT molecular complexity index is 866. The lowest BCUT2D eigenvalue weighted by molar-refractivity contribution is 0.0730. The largest absolute Gasteiger partial charge is 0.333 e. The summed E-state index contributed by atoms with van der Waals surface area (Å²) in [5, 5.41) is 5.37. The molecule has 0 unspecified atom stereocenters. The molecule has 0 saturated heterocycles. The molecule has 0 atom stereocenters. The van der Waals surface area contributed by atoms with Crippen LogP contribution in [0.25, 0.3) is 10.9 Å². The molecule has 4 heteroatoms. The third-order valence-corrected chi connectivity index (χ3v) is 4.38. The first-order valence-electron chi connectivity index (χ1n) is 7.52. The standard InChI is InChI=1S/C18H17N3O/c1-20-16-9-5-4-8-15(16)17(19-20)18(22)21-11-10-13-6-2-3-7-14(13)12-21/h2-9H,10-12H2,1H3. The van der Waals surface area contributed by atoms with Gasteiger partial charge < -0.3 is 4.90 Å². The highest BCUT2D eigenvalue weighted by Crippen LogP contribution is 2.23. The maximum Gasteiger partial charge on any atom is 0.275 e. The van der Waals surface area contributed by atoms with Crippen molar-refractivity contribution in [2.75, 3.05) is 6.54 Å². The maximum absolute atomic E-state index is 12.9. The Morgan fingerprint density at radius 1 is 1.05 bits per heavy atom. The molecule has 1 aliphatic heterocycles. The molecule has 3 aromatic rings. The van der Waals surface area contributed by atoms with Crippen LogP contribution in [0.5, 0.6) is 0 Å². The molecule has 0 bridgehead atoms. The number of amides is 1. The SMILES string of the molecule is Cn1nc(C(=O)N2CCc3ccccc3C2)c2ccccc21. The van der Waals surface area contributed by atoms with Crippen LogP contribution < -0.4 is 0 Å². The number of para-hydroxylation sites is 1. The number of hydrogen-bond donors (Lipinski definition) is 0. The monoisotopic (exact) mass is 291 g/mol. The van der Waals surface area contributed by atoms with Crippen LogP contribution >= 0.6 is 0 Å². The average Bonchev–Trinajstić information content (AvgIpc) is 2.91. The number of fused-ring (bicyclic) bond motifs is 2. The normalized spacial score (nSPS) is 14.1. The van der Waals surface area contributed by atoms with Crippen LogP contribution in [0.2, 0.25) is 0 Å². The second kappa shape index (κ2) is 4.98. The fraction of sp³-hybridized carbons (Fsp3) is 0.222. The van der Waals surface area contributed by atoms with Crippen molar-refractivity contribution in [2.45, 2.75) is 13.0 Å². The Morgan fingerprint density at radius 3 is 2.64 bits per heavy atom. The minimum absolute atomic E-state index is 0.0197. The van der Waals surface area contributed by atoms with E-state index in [2.05, 4.69) is 23.3 Å².